The molecule has 0 spiro atoms. The molecule has 2 heterocycles. The predicted octanol–water partition coefficient (Wildman–Crippen LogP) is 3.21. The number of thiophene rings is 1. The summed E-state index contributed by atoms with van der Waals surface area (Å²) in [6.45, 7) is 0.160. The van der Waals surface area contributed by atoms with Gasteiger partial charge in [0.15, 0.2) is 0 Å². The fraction of sp³-hybridized carbons (Fsp3) is 0.133. The highest BCUT2D eigenvalue weighted by atomic mass is 32.1. The van der Waals surface area contributed by atoms with Crippen LogP contribution in [-0.2, 0) is 6.54 Å². The summed E-state index contributed by atoms with van der Waals surface area (Å²) in [6.07, 6.45) is 0. The van der Waals surface area contributed by atoms with Crippen LogP contribution in [0.2, 0.25) is 0 Å². The van der Waals surface area contributed by atoms with Gasteiger partial charge in [-0.15, -0.1) is 11.3 Å². The minimum absolute atomic E-state index is 0.160. The molecule has 22 heavy (non-hydrogen) atoms. The van der Waals surface area contributed by atoms with E-state index in [1.807, 2.05) is 17.5 Å². The molecule has 3 rings (SSSR count). The van der Waals surface area contributed by atoms with Gasteiger partial charge < -0.3 is 9.42 Å². The van der Waals surface area contributed by atoms with E-state index in [1.54, 1.807) is 13.1 Å². The summed E-state index contributed by atoms with van der Waals surface area (Å²) in [5.74, 6) is 0.0691. The number of aromatic nitrogens is 2. The van der Waals surface area contributed by atoms with E-state index in [-0.39, 0.29) is 18.0 Å². The molecule has 7 heteroatoms. The van der Waals surface area contributed by atoms with Gasteiger partial charge in [0.1, 0.15) is 5.82 Å². The lowest BCUT2D eigenvalue weighted by Crippen LogP contribution is -2.26. The van der Waals surface area contributed by atoms with Crippen molar-refractivity contribution in [2.24, 2.45) is 0 Å². The first-order chi connectivity index (χ1) is 10.6. The smallest absolute Gasteiger partial charge is 0.254 e. The summed E-state index contributed by atoms with van der Waals surface area (Å²) in [5.41, 5.74) is 0.278. The standard InChI is InChI=1S/C15H12FN3O2S/c1-19(15(20)10-4-2-5-11(16)8-10)9-13-17-14(18-21-13)12-6-3-7-22-12/h2-8H,9H2,1H3. The van der Waals surface area contributed by atoms with E-state index < -0.39 is 5.82 Å². The number of nitrogens with zero attached hydrogens (tertiary/aromatic N) is 3. The van der Waals surface area contributed by atoms with Crippen LogP contribution in [0.4, 0.5) is 4.39 Å². The van der Waals surface area contributed by atoms with Crippen molar-refractivity contribution >= 4 is 17.2 Å². The Bertz CT molecular complexity index is 786. The van der Waals surface area contributed by atoms with Gasteiger partial charge in [-0.1, -0.05) is 17.3 Å². The van der Waals surface area contributed by atoms with E-state index in [4.69, 9.17) is 4.52 Å². The van der Waals surface area contributed by atoms with Crippen LogP contribution in [-0.4, -0.2) is 28.0 Å². The second-order valence-electron chi connectivity index (χ2n) is 4.66. The Hall–Kier alpha value is -2.54. The first-order valence-electron chi connectivity index (χ1n) is 6.51. The number of hydrogen-bond donors (Lipinski definition) is 0. The highest BCUT2D eigenvalue weighted by Gasteiger charge is 2.16. The van der Waals surface area contributed by atoms with Crippen LogP contribution in [0.1, 0.15) is 16.2 Å². The van der Waals surface area contributed by atoms with Crippen LogP contribution in [0.5, 0.6) is 0 Å². The van der Waals surface area contributed by atoms with E-state index in [0.717, 1.165) is 4.88 Å². The summed E-state index contributed by atoms with van der Waals surface area (Å²) < 4.78 is 18.3. The molecular weight excluding hydrogens is 305 g/mol. The van der Waals surface area contributed by atoms with Crippen molar-refractivity contribution < 1.29 is 13.7 Å². The molecule has 1 amide bonds. The quantitative estimate of drug-likeness (QED) is 0.741. The lowest BCUT2D eigenvalue weighted by atomic mass is 10.2. The Morgan fingerprint density at radius 2 is 2.23 bits per heavy atom. The van der Waals surface area contributed by atoms with Crippen LogP contribution >= 0.6 is 11.3 Å². The number of rotatable bonds is 4. The van der Waals surface area contributed by atoms with E-state index >= 15 is 0 Å². The number of amides is 1. The zero-order valence-corrected chi connectivity index (χ0v) is 12.5. The second-order valence-corrected chi connectivity index (χ2v) is 5.61. The molecule has 5 nitrogen and oxygen atoms in total. The van der Waals surface area contributed by atoms with Crippen molar-refractivity contribution in [3.63, 3.8) is 0 Å². The maximum absolute atomic E-state index is 13.2. The zero-order chi connectivity index (χ0) is 15.5. The van der Waals surface area contributed by atoms with Gasteiger partial charge >= 0.3 is 0 Å². The van der Waals surface area contributed by atoms with Crippen molar-refractivity contribution in [1.29, 1.82) is 0 Å². The highest BCUT2D eigenvalue weighted by molar-refractivity contribution is 7.13. The summed E-state index contributed by atoms with van der Waals surface area (Å²) in [7, 11) is 1.60. The van der Waals surface area contributed by atoms with Crippen molar-refractivity contribution in [2.45, 2.75) is 6.54 Å². The SMILES string of the molecule is CN(Cc1nc(-c2cccs2)no1)C(=O)c1cccc(F)c1. The molecule has 0 aliphatic rings. The molecular formula is C15H12FN3O2S. The number of hydrogen-bond acceptors (Lipinski definition) is 5. The van der Waals surface area contributed by atoms with Crippen molar-refractivity contribution in [1.82, 2.24) is 15.0 Å². The number of carbonyl (C=O) groups is 1. The molecule has 2 aromatic heterocycles. The number of benzene rings is 1. The lowest BCUT2D eigenvalue weighted by Gasteiger charge is -2.14. The minimum atomic E-state index is -0.447. The molecule has 0 aliphatic heterocycles. The van der Waals surface area contributed by atoms with Crippen LogP contribution in [0, 0.1) is 5.82 Å². The zero-order valence-electron chi connectivity index (χ0n) is 11.7. The highest BCUT2D eigenvalue weighted by Crippen LogP contribution is 2.21. The summed E-state index contributed by atoms with van der Waals surface area (Å²) >= 11 is 1.51. The van der Waals surface area contributed by atoms with Gasteiger partial charge in [0.2, 0.25) is 11.7 Å². The summed E-state index contributed by atoms with van der Waals surface area (Å²) in [6, 6.07) is 9.34. The van der Waals surface area contributed by atoms with Gasteiger partial charge in [0.25, 0.3) is 5.91 Å². The van der Waals surface area contributed by atoms with Crippen molar-refractivity contribution in [2.75, 3.05) is 7.05 Å². The molecule has 0 radical (unpaired) electrons. The average molecular weight is 317 g/mol. The number of carbonyl (C=O) groups excluding carboxylic acids is 1. The molecule has 0 fully saturated rings. The van der Waals surface area contributed by atoms with E-state index in [2.05, 4.69) is 10.1 Å². The molecule has 0 saturated heterocycles. The molecule has 0 bridgehead atoms. The van der Waals surface area contributed by atoms with Gasteiger partial charge in [0.05, 0.1) is 11.4 Å². The first-order valence-corrected chi connectivity index (χ1v) is 7.39. The van der Waals surface area contributed by atoms with E-state index in [0.29, 0.717) is 11.7 Å². The lowest BCUT2D eigenvalue weighted by molar-refractivity contribution is 0.0769. The van der Waals surface area contributed by atoms with Gasteiger partial charge in [-0.3, -0.25) is 4.79 Å². The molecule has 0 unspecified atom stereocenters. The number of halogens is 1. The van der Waals surface area contributed by atoms with Gasteiger partial charge in [0, 0.05) is 12.6 Å². The Morgan fingerprint density at radius 1 is 1.36 bits per heavy atom. The fourth-order valence-corrected chi connectivity index (χ4v) is 2.59. The first kappa shape index (κ1) is 14.4. The molecule has 0 N–H and O–H groups in total. The largest absolute Gasteiger partial charge is 0.337 e. The maximum Gasteiger partial charge on any atom is 0.254 e. The predicted molar refractivity (Wildman–Crippen MR) is 79.8 cm³/mol. The molecule has 112 valence electrons. The maximum atomic E-state index is 13.2. The molecule has 0 saturated carbocycles. The van der Waals surface area contributed by atoms with E-state index in [9.17, 15) is 9.18 Å². The third-order valence-corrected chi connectivity index (χ3v) is 3.87. The molecule has 0 aliphatic carbocycles. The minimum Gasteiger partial charge on any atom is -0.337 e. The van der Waals surface area contributed by atoms with Crippen molar-refractivity contribution in [3.8, 4) is 10.7 Å². The Balaban J connectivity index is 1.71. The van der Waals surface area contributed by atoms with E-state index in [1.165, 1.54) is 34.4 Å². The third-order valence-electron chi connectivity index (χ3n) is 3.00. The fourth-order valence-electron chi connectivity index (χ4n) is 1.94. The monoisotopic (exact) mass is 317 g/mol. The van der Waals surface area contributed by atoms with Crippen LogP contribution < -0.4 is 0 Å². The van der Waals surface area contributed by atoms with Crippen LogP contribution in [0.3, 0.4) is 0 Å². The second kappa shape index (κ2) is 6.07. The molecule has 1 aromatic carbocycles. The van der Waals surface area contributed by atoms with Gasteiger partial charge in [-0.05, 0) is 29.6 Å². The van der Waals surface area contributed by atoms with Gasteiger partial charge in [-0.2, -0.15) is 4.98 Å². The third kappa shape index (κ3) is 3.04. The molecule has 0 atom stereocenters. The Morgan fingerprint density at radius 3 is 2.95 bits per heavy atom. The normalized spacial score (nSPS) is 10.6. The van der Waals surface area contributed by atoms with Gasteiger partial charge in [-0.25, -0.2) is 4.39 Å². The summed E-state index contributed by atoms with van der Waals surface area (Å²) in [4.78, 5) is 18.8. The summed E-state index contributed by atoms with van der Waals surface area (Å²) in [5, 5.41) is 5.81. The van der Waals surface area contributed by atoms with Crippen LogP contribution in [0.25, 0.3) is 10.7 Å². The van der Waals surface area contributed by atoms with Crippen LogP contribution in [0.15, 0.2) is 46.3 Å². The Kier molecular flexibility index (Phi) is 3.97. The van der Waals surface area contributed by atoms with Crippen molar-refractivity contribution in [3.05, 3.63) is 59.0 Å². The average Bonchev–Trinajstić information content (AvgIpc) is 3.17. The molecule has 3 aromatic rings. The topological polar surface area (TPSA) is 59.2 Å². The Labute approximate surface area is 130 Å².